The molecule has 1 aromatic heterocycles. The van der Waals surface area contributed by atoms with Gasteiger partial charge >= 0.3 is 0 Å². The van der Waals surface area contributed by atoms with Crippen molar-refractivity contribution < 1.29 is 4.79 Å². The van der Waals surface area contributed by atoms with Crippen molar-refractivity contribution >= 4 is 11.6 Å². The van der Waals surface area contributed by atoms with Gasteiger partial charge in [-0.3, -0.25) is 4.79 Å². The molecule has 0 atom stereocenters. The quantitative estimate of drug-likeness (QED) is 0.844. The number of carbonyl (C=O) groups excluding carboxylic acids is 1. The van der Waals surface area contributed by atoms with Gasteiger partial charge < -0.3 is 15.2 Å². The lowest BCUT2D eigenvalue weighted by molar-refractivity contribution is 0.0782. The monoisotopic (exact) mass is 221 g/mol. The first-order valence-electron chi connectivity index (χ1n) is 5.97. The van der Waals surface area contributed by atoms with Crippen LogP contribution in [0.15, 0.2) is 12.3 Å². The Morgan fingerprint density at radius 3 is 2.75 bits per heavy atom. The molecule has 4 nitrogen and oxygen atoms in total. The SMILES string of the molecule is CCCn1cc(N)cc1C(=O)N1CCCC1. The normalized spacial score (nSPS) is 15.7. The highest BCUT2D eigenvalue weighted by Crippen LogP contribution is 2.17. The highest BCUT2D eigenvalue weighted by atomic mass is 16.2. The van der Waals surface area contributed by atoms with E-state index in [1.54, 1.807) is 6.07 Å². The molecule has 1 aliphatic rings. The smallest absolute Gasteiger partial charge is 0.270 e. The Labute approximate surface area is 96.0 Å². The van der Waals surface area contributed by atoms with E-state index in [9.17, 15) is 4.79 Å². The van der Waals surface area contributed by atoms with E-state index in [0.29, 0.717) is 5.69 Å². The minimum atomic E-state index is 0.127. The third-order valence-corrected chi connectivity index (χ3v) is 2.99. The Bertz CT molecular complexity index is 378. The van der Waals surface area contributed by atoms with Gasteiger partial charge in [-0.1, -0.05) is 6.92 Å². The number of aryl methyl sites for hydroxylation is 1. The zero-order valence-corrected chi connectivity index (χ0v) is 9.78. The number of hydrogen-bond donors (Lipinski definition) is 1. The predicted molar refractivity (Wildman–Crippen MR) is 64.3 cm³/mol. The van der Waals surface area contributed by atoms with E-state index in [0.717, 1.165) is 44.6 Å². The van der Waals surface area contributed by atoms with Crippen molar-refractivity contribution in [2.24, 2.45) is 0 Å². The van der Waals surface area contributed by atoms with Crippen LogP contribution < -0.4 is 5.73 Å². The second kappa shape index (κ2) is 4.60. The van der Waals surface area contributed by atoms with Crippen LogP contribution in [0.25, 0.3) is 0 Å². The third-order valence-electron chi connectivity index (χ3n) is 2.99. The molecule has 1 aliphatic heterocycles. The lowest BCUT2D eigenvalue weighted by atomic mass is 10.3. The van der Waals surface area contributed by atoms with Crippen LogP contribution in [0.2, 0.25) is 0 Å². The molecule has 88 valence electrons. The first-order valence-corrected chi connectivity index (χ1v) is 5.97. The van der Waals surface area contributed by atoms with E-state index in [-0.39, 0.29) is 5.91 Å². The Morgan fingerprint density at radius 2 is 2.12 bits per heavy atom. The first kappa shape index (κ1) is 11.0. The Morgan fingerprint density at radius 1 is 1.44 bits per heavy atom. The summed E-state index contributed by atoms with van der Waals surface area (Å²) in [6, 6.07) is 1.79. The van der Waals surface area contributed by atoms with Gasteiger partial charge in [0.25, 0.3) is 5.91 Å². The summed E-state index contributed by atoms with van der Waals surface area (Å²) in [6.07, 6.45) is 5.10. The molecule has 16 heavy (non-hydrogen) atoms. The van der Waals surface area contributed by atoms with Crippen molar-refractivity contribution in [1.82, 2.24) is 9.47 Å². The average molecular weight is 221 g/mol. The second-order valence-electron chi connectivity index (χ2n) is 4.35. The topological polar surface area (TPSA) is 51.3 Å². The van der Waals surface area contributed by atoms with E-state index < -0.39 is 0 Å². The highest BCUT2D eigenvalue weighted by molar-refractivity contribution is 5.94. The van der Waals surface area contributed by atoms with Gasteiger partial charge in [-0.05, 0) is 25.3 Å². The number of aromatic nitrogens is 1. The Balaban J connectivity index is 2.20. The maximum absolute atomic E-state index is 12.2. The van der Waals surface area contributed by atoms with Crippen LogP contribution in [-0.2, 0) is 6.54 Å². The molecule has 4 heteroatoms. The van der Waals surface area contributed by atoms with Crippen molar-refractivity contribution in [3.63, 3.8) is 0 Å². The summed E-state index contributed by atoms with van der Waals surface area (Å²) in [5, 5.41) is 0. The number of nitrogens with two attached hydrogens (primary N) is 1. The summed E-state index contributed by atoms with van der Waals surface area (Å²) in [5.41, 5.74) is 7.17. The third kappa shape index (κ3) is 2.05. The molecule has 2 N–H and O–H groups in total. The standard InChI is InChI=1S/C12H19N3O/c1-2-5-15-9-10(13)8-11(15)12(16)14-6-3-4-7-14/h8-9H,2-7,13H2,1H3. The van der Waals surface area contributed by atoms with Gasteiger partial charge in [0.15, 0.2) is 0 Å². The number of anilines is 1. The van der Waals surface area contributed by atoms with Crippen molar-refractivity contribution in [2.75, 3.05) is 18.8 Å². The van der Waals surface area contributed by atoms with Crippen LogP contribution in [0, 0.1) is 0 Å². The molecule has 0 radical (unpaired) electrons. The molecule has 1 aromatic rings. The minimum absolute atomic E-state index is 0.127. The summed E-state index contributed by atoms with van der Waals surface area (Å²) in [7, 11) is 0. The molecule has 0 aliphatic carbocycles. The van der Waals surface area contributed by atoms with Gasteiger partial charge in [0.2, 0.25) is 0 Å². The highest BCUT2D eigenvalue weighted by Gasteiger charge is 2.22. The van der Waals surface area contributed by atoms with E-state index in [1.807, 2.05) is 15.7 Å². The molecule has 0 spiro atoms. The van der Waals surface area contributed by atoms with Crippen molar-refractivity contribution in [3.8, 4) is 0 Å². The second-order valence-corrected chi connectivity index (χ2v) is 4.35. The van der Waals surface area contributed by atoms with Gasteiger partial charge in [0.05, 0.1) is 5.69 Å². The van der Waals surface area contributed by atoms with Crippen LogP contribution in [0.5, 0.6) is 0 Å². The number of carbonyl (C=O) groups is 1. The van der Waals surface area contributed by atoms with Gasteiger partial charge in [0, 0.05) is 25.8 Å². The first-order chi connectivity index (χ1) is 7.72. The van der Waals surface area contributed by atoms with Crippen LogP contribution in [0.3, 0.4) is 0 Å². The minimum Gasteiger partial charge on any atom is -0.397 e. The average Bonchev–Trinajstić information content (AvgIpc) is 2.87. The summed E-state index contributed by atoms with van der Waals surface area (Å²) < 4.78 is 1.97. The number of hydrogen-bond acceptors (Lipinski definition) is 2. The summed E-state index contributed by atoms with van der Waals surface area (Å²) in [6.45, 7) is 4.72. The van der Waals surface area contributed by atoms with E-state index >= 15 is 0 Å². The fourth-order valence-electron chi connectivity index (χ4n) is 2.22. The number of rotatable bonds is 3. The zero-order chi connectivity index (χ0) is 11.5. The van der Waals surface area contributed by atoms with Gasteiger partial charge in [-0.15, -0.1) is 0 Å². The van der Waals surface area contributed by atoms with Crippen molar-refractivity contribution in [3.05, 3.63) is 18.0 Å². The number of likely N-dealkylation sites (tertiary alicyclic amines) is 1. The lowest BCUT2D eigenvalue weighted by Crippen LogP contribution is -2.29. The van der Waals surface area contributed by atoms with Crippen molar-refractivity contribution in [1.29, 1.82) is 0 Å². The molecule has 1 amide bonds. The Hall–Kier alpha value is -1.45. The van der Waals surface area contributed by atoms with Gasteiger partial charge in [0.1, 0.15) is 5.69 Å². The molecule has 2 heterocycles. The largest absolute Gasteiger partial charge is 0.397 e. The summed E-state index contributed by atoms with van der Waals surface area (Å²) in [5.74, 6) is 0.127. The molecular formula is C12H19N3O. The summed E-state index contributed by atoms with van der Waals surface area (Å²) in [4.78, 5) is 14.1. The van der Waals surface area contributed by atoms with E-state index in [2.05, 4.69) is 6.92 Å². The number of nitrogens with zero attached hydrogens (tertiary/aromatic N) is 2. The number of nitrogen functional groups attached to an aromatic ring is 1. The molecular weight excluding hydrogens is 202 g/mol. The fraction of sp³-hybridized carbons (Fsp3) is 0.583. The van der Waals surface area contributed by atoms with Crippen molar-refractivity contribution in [2.45, 2.75) is 32.7 Å². The fourth-order valence-corrected chi connectivity index (χ4v) is 2.22. The van der Waals surface area contributed by atoms with Crippen LogP contribution in [0.1, 0.15) is 36.7 Å². The Kier molecular flexibility index (Phi) is 3.17. The summed E-state index contributed by atoms with van der Waals surface area (Å²) >= 11 is 0. The van der Waals surface area contributed by atoms with E-state index in [4.69, 9.17) is 5.73 Å². The van der Waals surface area contributed by atoms with Gasteiger partial charge in [-0.25, -0.2) is 0 Å². The van der Waals surface area contributed by atoms with Gasteiger partial charge in [-0.2, -0.15) is 0 Å². The lowest BCUT2D eigenvalue weighted by Gasteiger charge is -2.16. The molecule has 0 unspecified atom stereocenters. The molecule has 2 rings (SSSR count). The maximum Gasteiger partial charge on any atom is 0.270 e. The van der Waals surface area contributed by atoms with Crippen LogP contribution >= 0.6 is 0 Å². The number of amides is 1. The van der Waals surface area contributed by atoms with Crippen LogP contribution in [0.4, 0.5) is 5.69 Å². The predicted octanol–water partition coefficient (Wildman–Crippen LogP) is 1.72. The maximum atomic E-state index is 12.2. The van der Waals surface area contributed by atoms with Crippen LogP contribution in [-0.4, -0.2) is 28.5 Å². The molecule has 0 bridgehead atoms. The molecule has 0 aromatic carbocycles. The van der Waals surface area contributed by atoms with E-state index in [1.165, 1.54) is 0 Å². The zero-order valence-electron chi connectivity index (χ0n) is 9.78. The molecule has 1 fully saturated rings. The molecule has 1 saturated heterocycles. The molecule has 0 saturated carbocycles.